The summed E-state index contributed by atoms with van der Waals surface area (Å²) in [5.41, 5.74) is 3.09. The molecule has 0 saturated carbocycles. The van der Waals surface area contributed by atoms with Gasteiger partial charge in [-0.2, -0.15) is 0 Å². The van der Waals surface area contributed by atoms with E-state index in [4.69, 9.17) is 32.9 Å². The van der Waals surface area contributed by atoms with Crippen molar-refractivity contribution in [1.82, 2.24) is 9.88 Å². The van der Waals surface area contributed by atoms with Gasteiger partial charge in [0.1, 0.15) is 5.75 Å². The van der Waals surface area contributed by atoms with Crippen LogP contribution in [-0.4, -0.2) is 40.0 Å². The van der Waals surface area contributed by atoms with Gasteiger partial charge in [0.2, 0.25) is 5.91 Å². The summed E-state index contributed by atoms with van der Waals surface area (Å²) in [5, 5.41) is 10.9. The molecule has 182 valence electrons. The number of ether oxygens (including phenoxy) is 1. The average Bonchev–Trinajstić information content (AvgIpc) is 3.33. The monoisotopic (exact) mass is 512 g/mol. The first kappa shape index (κ1) is 25.0. The van der Waals surface area contributed by atoms with E-state index in [0.29, 0.717) is 40.1 Å². The molecular formula is C27H26Cl2N2O4. The summed E-state index contributed by atoms with van der Waals surface area (Å²) in [5.74, 6) is -0.361. The van der Waals surface area contributed by atoms with Gasteiger partial charge < -0.3 is 14.7 Å². The van der Waals surface area contributed by atoms with Crippen molar-refractivity contribution in [2.75, 3.05) is 13.2 Å². The molecular weight excluding hydrogens is 487 g/mol. The Morgan fingerprint density at radius 3 is 2.60 bits per heavy atom. The number of aromatic nitrogens is 1. The molecule has 1 unspecified atom stereocenters. The Bertz CT molecular complexity index is 1230. The van der Waals surface area contributed by atoms with Gasteiger partial charge in [0.05, 0.1) is 36.0 Å². The molecule has 1 fully saturated rings. The molecule has 1 amide bonds. The van der Waals surface area contributed by atoms with Crippen molar-refractivity contribution >= 4 is 35.1 Å². The molecule has 4 rings (SSSR count). The maximum absolute atomic E-state index is 13.1. The molecule has 2 aromatic carbocycles. The minimum absolute atomic E-state index is 0.0157. The van der Waals surface area contributed by atoms with Gasteiger partial charge in [-0.15, -0.1) is 0 Å². The van der Waals surface area contributed by atoms with Gasteiger partial charge in [-0.3, -0.25) is 9.78 Å². The maximum atomic E-state index is 13.1. The van der Waals surface area contributed by atoms with Gasteiger partial charge in [0, 0.05) is 23.0 Å². The van der Waals surface area contributed by atoms with Crippen LogP contribution >= 0.6 is 23.2 Å². The Morgan fingerprint density at radius 2 is 1.89 bits per heavy atom. The van der Waals surface area contributed by atoms with Crippen molar-refractivity contribution in [2.45, 2.75) is 38.6 Å². The second kappa shape index (κ2) is 11.1. The number of halogens is 2. The number of aromatic carboxylic acids is 1. The summed E-state index contributed by atoms with van der Waals surface area (Å²) < 4.78 is 5.81. The van der Waals surface area contributed by atoms with Crippen LogP contribution in [0.15, 0.2) is 54.6 Å². The van der Waals surface area contributed by atoms with Crippen molar-refractivity contribution in [2.24, 2.45) is 0 Å². The molecule has 0 bridgehead atoms. The molecule has 35 heavy (non-hydrogen) atoms. The first-order valence-corrected chi connectivity index (χ1v) is 12.2. The fourth-order valence-electron chi connectivity index (χ4n) is 4.31. The first-order valence-electron chi connectivity index (χ1n) is 11.5. The van der Waals surface area contributed by atoms with E-state index in [1.165, 1.54) is 0 Å². The van der Waals surface area contributed by atoms with E-state index in [0.717, 1.165) is 24.0 Å². The highest BCUT2D eigenvalue weighted by atomic mass is 35.5. The predicted octanol–water partition coefficient (Wildman–Crippen LogP) is 5.92. The zero-order valence-corrected chi connectivity index (χ0v) is 20.9. The van der Waals surface area contributed by atoms with E-state index in [-0.39, 0.29) is 30.5 Å². The Morgan fingerprint density at radius 1 is 1.11 bits per heavy atom. The number of hydrogen-bond acceptors (Lipinski definition) is 4. The lowest BCUT2D eigenvalue weighted by molar-refractivity contribution is -0.131. The lowest BCUT2D eigenvalue weighted by Gasteiger charge is -2.25. The fraction of sp³-hybridized carbons (Fsp3) is 0.296. The number of rotatable bonds is 8. The number of aryl methyl sites for hydroxylation is 1. The highest BCUT2D eigenvalue weighted by Gasteiger charge is 2.31. The van der Waals surface area contributed by atoms with E-state index in [2.05, 4.69) is 0 Å². The number of carbonyl (C=O) groups excluding carboxylic acids is 1. The van der Waals surface area contributed by atoms with Gasteiger partial charge in [-0.1, -0.05) is 35.3 Å². The van der Waals surface area contributed by atoms with Crippen LogP contribution in [-0.2, 0) is 17.6 Å². The number of pyridine rings is 1. The largest absolute Gasteiger partial charge is 0.493 e. The molecule has 1 N–H and O–H groups in total. The van der Waals surface area contributed by atoms with E-state index in [1.807, 2.05) is 30.0 Å². The van der Waals surface area contributed by atoms with Crippen LogP contribution in [0.3, 0.4) is 0 Å². The SMILES string of the molecule is Cc1cc(OCCc2nc(C3CCCN3C(=O)Cc3ccc(Cl)cc3)ccc2C(=O)O)ccc1Cl. The minimum atomic E-state index is -1.04. The lowest BCUT2D eigenvalue weighted by atomic mass is 10.1. The van der Waals surface area contributed by atoms with Crippen LogP contribution in [0.25, 0.3) is 0 Å². The summed E-state index contributed by atoms with van der Waals surface area (Å²) in [6.07, 6.45) is 2.25. The summed E-state index contributed by atoms with van der Waals surface area (Å²) in [7, 11) is 0. The normalized spacial score (nSPS) is 15.3. The van der Waals surface area contributed by atoms with Crippen LogP contribution < -0.4 is 4.74 Å². The predicted molar refractivity (Wildman–Crippen MR) is 135 cm³/mol. The van der Waals surface area contributed by atoms with Gasteiger partial charge >= 0.3 is 5.97 Å². The second-order valence-electron chi connectivity index (χ2n) is 8.59. The van der Waals surface area contributed by atoms with E-state index in [9.17, 15) is 14.7 Å². The van der Waals surface area contributed by atoms with Crippen molar-refractivity contribution in [3.63, 3.8) is 0 Å². The molecule has 0 spiro atoms. The van der Waals surface area contributed by atoms with Gasteiger partial charge in [0.15, 0.2) is 0 Å². The van der Waals surface area contributed by atoms with E-state index < -0.39 is 5.97 Å². The van der Waals surface area contributed by atoms with Crippen molar-refractivity contribution in [3.8, 4) is 5.75 Å². The number of carboxylic acid groups (broad SMARTS) is 1. The summed E-state index contributed by atoms with van der Waals surface area (Å²) >= 11 is 12.0. The van der Waals surface area contributed by atoms with Gasteiger partial charge in [0.25, 0.3) is 0 Å². The van der Waals surface area contributed by atoms with Gasteiger partial charge in [-0.25, -0.2) is 4.79 Å². The first-order chi connectivity index (χ1) is 16.8. The van der Waals surface area contributed by atoms with E-state index >= 15 is 0 Å². The molecule has 0 aliphatic carbocycles. The van der Waals surface area contributed by atoms with Crippen molar-refractivity contribution in [3.05, 3.63) is 92.7 Å². The lowest BCUT2D eigenvalue weighted by Crippen LogP contribution is -2.32. The van der Waals surface area contributed by atoms with Crippen LogP contribution in [0, 0.1) is 6.92 Å². The number of amides is 1. The number of carboxylic acids is 1. The molecule has 1 saturated heterocycles. The average molecular weight is 513 g/mol. The smallest absolute Gasteiger partial charge is 0.337 e. The third-order valence-corrected chi connectivity index (χ3v) is 6.82. The summed E-state index contributed by atoms with van der Waals surface area (Å²) in [6, 6.07) is 15.8. The quantitative estimate of drug-likeness (QED) is 0.404. The third-order valence-electron chi connectivity index (χ3n) is 6.15. The molecule has 1 atom stereocenters. The summed E-state index contributed by atoms with van der Waals surface area (Å²) in [6.45, 7) is 2.81. The highest BCUT2D eigenvalue weighted by molar-refractivity contribution is 6.31. The van der Waals surface area contributed by atoms with Crippen LogP contribution in [0.2, 0.25) is 10.0 Å². The molecule has 6 nitrogen and oxygen atoms in total. The zero-order chi connectivity index (χ0) is 24.9. The Balaban J connectivity index is 1.48. The zero-order valence-electron chi connectivity index (χ0n) is 19.3. The molecule has 0 radical (unpaired) electrons. The number of hydrogen-bond donors (Lipinski definition) is 1. The van der Waals surface area contributed by atoms with Crippen LogP contribution in [0.5, 0.6) is 5.75 Å². The molecule has 8 heteroatoms. The van der Waals surface area contributed by atoms with Gasteiger partial charge in [-0.05, 0) is 73.4 Å². The Labute approximate surface area is 214 Å². The number of benzene rings is 2. The molecule has 2 heterocycles. The van der Waals surface area contributed by atoms with Crippen molar-refractivity contribution < 1.29 is 19.4 Å². The topological polar surface area (TPSA) is 79.7 Å². The van der Waals surface area contributed by atoms with E-state index in [1.54, 1.807) is 36.4 Å². The summed E-state index contributed by atoms with van der Waals surface area (Å²) in [4.78, 5) is 31.4. The number of nitrogens with zero attached hydrogens (tertiary/aromatic N) is 2. The maximum Gasteiger partial charge on any atom is 0.337 e. The Kier molecular flexibility index (Phi) is 7.93. The highest BCUT2D eigenvalue weighted by Crippen LogP contribution is 2.32. The third kappa shape index (κ3) is 6.13. The van der Waals surface area contributed by atoms with Crippen LogP contribution in [0.1, 0.15) is 51.8 Å². The standard InChI is InChI=1S/C27H26Cl2N2O4/c1-17-15-20(8-10-22(17)29)35-14-12-23-21(27(33)34)9-11-24(30-23)25-3-2-13-31(25)26(32)16-18-4-6-19(28)7-5-18/h4-11,15,25H,2-3,12-14,16H2,1H3,(H,33,34). The Hall–Kier alpha value is -3.09. The fourth-order valence-corrected chi connectivity index (χ4v) is 4.56. The minimum Gasteiger partial charge on any atom is -0.493 e. The molecule has 3 aromatic rings. The number of likely N-dealkylation sites (tertiary alicyclic amines) is 1. The molecule has 1 aliphatic heterocycles. The molecule has 1 aliphatic rings. The molecule has 1 aromatic heterocycles. The van der Waals surface area contributed by atoms with Crippen molar-refractivity contribution in [1.29, 1.82) is 0 Å². The number of carbonyl (C=O) groups is 2. The second-order valence-corrected chi connectivity index (χ2v) is 9.44. The van der Waals surface area contributed by atoms with Crippen LogP contribution in [0.4, 0.5) is 0 Å².